The van der Waals surface area contributed by atoms with Gasteiger partial charge in [0, 0.05) is 103 Å². The van der Waals surface area contributed by atoms with Crippen LogP contribution in [0.4, 0.5) is 0 Å². The summed E-state index contributed by atoms with van der Waals surface area (Å²) in [4.78, 5) is 21.5. The number of carboxylic acids is 2. The summed E-state index contributed by atoms with van der Waals surface area (Å²) in [6.07, 6.45) is 0.573. The Kier molecular flexibility index (Phi) is 7.94. The first kappa shape index (κ1) is 17.2. The summed E-state index contributed by atoms with van der Waals surface area (Å²) in [7, 11) is 0. The minimum Gasteiger partial charge on any atom is -0.481 e. The molecule has 0 saturated carbocycles. The Hall–Kier alpha value is 2.17. The Morgan fingerprint density at radius 2 is 1.27 bits per heavy atom. The molecule has 0 aromatic rings. The van der Waals surface area contributed by atoms with Crippen molar-refractivity contribution in [1.29, 1.82) is 0 Å². The fourth-order valence-electron chi connectivity index (χ4n) is 2.31. The van der Waals surface area contributed by atoms with Gasteiger partial charge in [-0.2, -0.15) is 0 Å². The molecular formula is C8H10K2O5. The third kappa shape index (κ3) is 3.34. The van der Waals surface area contributed by atoms with Crippen LogP contribution >= 0.6 is 0 Å². The second-order valence-corrected chi connectivity index (χ2v) is 3.52. The number of ether oxygens (including phenoxy) is 1. The number of rotatable bonds is 2. The molecule has 2 radical (unpaired) electrons. The number of aliphatic carboxylic acids is 2. The topological polar surface area (TPSA) is 83.8 Å². The van der Waals surface area contributed by atoms with Crippen molar-refractivity contribution in [2.75, 3.05) is 0 Å². The smallest absolute Gasteiger partial charge is 0.310 e. The summed E-state index contributed by atoms with van der Waals surface area (Å²) in [5, 5.41) is 17.6. The molecule has 0 aromatic heterocycles. The van der Waals surface area contributed by atoms with Crippen LogP contribution in [0, 0.1) is 11.8 Å². The molecule has 2 heterocycles. The fraction of sp³-hybridized carbons (Fsp3) is 0.750. The predicted octanol–water partition coefficient (Wildman–Crippen LogP) is -0.812. The first-order chi connectivity index (χ1) is 6.11. The van der Waals surface area contributed by atoms with Crippen LogP contribution in [0.2, 0.25) is 0 Å². The quantitative estimate of drug-likeness (QED) is 0.637. The third-order valence-electron chi connectivity index (χ3n) is 2.84. The van der Waals surface area contributed by atoms with Gasteiger partial charge < -0.3 is 14.9 Å². The summed E-state index contributed by atoms with van der Waals surface area (Å²) in [6.45, 7) is 0. The molecule has 15 heavy (non-hydrogen) atoms. The van der Waals surface area contributed by atoms with Crippen LogP contribution < -0.4 is 0 Å². The van der Waals surface area contributed by atoms with Gasteiger partial charge in [0.25, 0.3) is 0 Å². The van der Waals surface area contributed by atoms with Gasteiger partial charge in [-0.3, -0.25) is 9.59 Å². The zero-order valence-electron chi connectivity index (χ0n) is 8.84. The average Bonchev–Trinajstić information content (AvgIpc) is 2.60. The van der Waals surface area contributed by atoms with Crippen LogP contribution in [0.3, 0.4) is 0 Å². The van der Waals surface area contributed by atoms with Crippen molar-refractivity contribution in [2.24, 2.45) is 11.8 Å². The van der Waals surface area contributed by atoms with Gasteiger partial charge >= 0.3 is 11.9 Å². The third-order valence-corrected chi connectivity index (χ3v) is 2.84. The van der Waals surface area contributed by atoms with Crippen molar-refractivity contribution in [3.05, 3.63) is 0 Å². The van der Waals surface area contributed by atoms with Gasteiger partial charge in [0.05, 0.1) is 24.0 Å². The molecule has 0 aliphatic carbocycles. The van der Waals surface area contributed by atoms with Crippen molar-refractivity contribution in [3.63, 3.8) is 0 Å². The maximum Gasteiger partial charge on any atom is 0.310 e. The molecule has 2 rings (SSSR count). The van der Waals surface area contributed by atoms with Gasteiger partial charge in [0.2, 0.25) is 0 Å². The number of hydrogen-bond donors (Lipinski definition) is 2. The molecule has 4 unspecified atom stereocenters. The molecule has 0 spiro atoms. The zero-order valence-corrected chi connectivity index (χ0v) is 15.1. The van der Waals surface area contributed by atoms with Crippen LogP contribution in [0.5, 0.6) is 0 Å². The molecular weight excluding hydrogens is 254 g/mol. The van der Waals surface area contributed by atoms with Gasteiger partial charge in [-0.1, -0.05) is 0 Å². The van der Waals surface area contributed by atoms with E-state index in [0.717, 1.165) is 0 Å². The van der Waals surface area contributed by atoms with Crippen molar-refractivity contribution in [1.82, 2.24) is 0 Å². The minimum atomic E-state index is -1.06. The second-order valence-electron chi connectivity index (χ2n) is 3.52. The van der Waals surface area contributed by atoms with Crippen LogP contribution in [0.1, 0.15) is 12.8 Å². The number of carbonyl (C=O) groups is 2. The standard InChI is InChI=1S/C8H10O5.2K/c9-7(10)5-3-1-2-4(13-3)6(5)8(11)12;;/h3-6H,1-2H2,(H,9,10)(H,11,12);;. The first-order valence-electron chi connectivity index (χ1n) is 4.22. The van der Waals surface area contributed by atoms with E-state index in [0.29, 0.717) is 12.8 Å². The molecule has 0 aromatic carbocycles. The molecule has 2 saturated heterocycles. The van der Waals surface area contributed by atoms with E-state index in [4.69, 9.17) is 14.9 Å². The van der Waals surface area contributed by atoms with E-state index in [-0.39, 0.29) is 115 Å². The molecule has 2 aliphatic rings. The van der Waals surface area contributed by atoms with E-state index in [1.54, 1.807) is 0 Å². The van der Waals surface area contributed by atoms with Crippen LogP contribution in [-0.2, 0) is 14.3 Å². The van der Waals surface area contributed by atoms with E-state index >= 15 is 0 Å². The molecule has 2 N–H and O–H groups in total. The maximum absolute atomic E-state index is 10.8. The molecule has 4 atom stereocenters. The van der Waals surface area contributed by atoms with Crippen LogP contribution in [0.25, 0.3) is 0 Å². The SMILES string of the molecule is O=C(O)C1C2CCC(O2)C1C(=O)O.[K].[K]. The largest absolute Gasteiger partial charge is 0.481 e. The molecule has 74 valence electrons. The Morgan fingerprint density at radius 1 is 0.933 bits per heavy atom. The number of carboxylic acid groups (broad SMARTS) is 2. The molecule has 0 amide bonds. The van der Waals surface area contributed by atoms with Crippen LogP contribution in [0.15, 0.2) is 0 Å². The number of fused-ring (bicyclic) bond motifs is 2. The van der Waals surface area contributed by atoms with E-state index in [1.807, 2.05) is 0 Å². The predicted molar refractivity (Wildman–Crippen MR) is 51.7 cm³/mol. The summed E-state index contributed by atoms with van der Waals surface area (Å²) in [5.74, 6) is -3.81. The van der Waals surface area contributed by atoms with E-state index in [9.17, 15) is 9.59 Å². The Labute approximate surface area is 172 Å². The molecule has 2 bridgehead atoms. The van der Waals surface area contributed by atoms with Gasteiger partial charge in [-0.15, -0.1) is 0 Å². The maximum atomic E-state index is 10.8. The molecule has 2 aliphatic heterocycles. The van der Waals surface area contributed by atoms with Gasteiger partial charge in [-0.05, 0) is 12.8 Å². The fourth-order valence-corrected chi connectivity index (χ4v) is 2.31. The van der Waals surface area contributed by atoms with Gasteiger partial charge in [-0.25, -0.2) is 0 Å². The summed E-state index contributed by atoms with van der Waals surface area (Å²) in [6, 6.07) is 0. The molecule has 5 nitrogen and oxygen atoms in total. The monoisotopic (exact) mass is 264 g/mol. The second kappa shape index (κ2) is 6.93. The number of hydrogen-bond acceptors (Lipinski definition) is 3. The Balaban J connectivity index is 0.000000980. The van der Waals surface area contributed by atoms with E-state index in [1.165, 1.54) is 0 Å². The summed E-state index contributed by atoms with van der Waals surface area (Å²) >= 11 is 0. The van der Waals surface area contributed by atoms with Gasteiger partial charge in [0.15, 0.2) is 0 Å². The summed E-state index contributed by atoms with van der Waals surface area (Å²) in [5.41, 5.74) is 0. The minimum absolute atomic E-state index is 0. The van der Waals surface area contributed by atoms with Crippen molar-refractivity contribution in [2.45, 2.75) is 25.0 Å². The first-order valence-corrected chi connectivity index (χ1v) is 4.22. The van der Waals surface area contributed by atoms with Crippen molar-refractivity contribution in [3.8, 4) is 0 Å². The van der Waals surface area contributed by atoms with Crippen LogP contribution in [-0.4, -0.2) is 137 Å². The Morgan fingerprint density at radius 3 is 1.53 bits per heavy atom. The van der Waals surface area contributed by atoms with E-state index in [2.05, 4.69) is 0 Å². The Bertz CT molecular complexity index is 244. The average molecular weight is 264 g/mol. The van der Waals surface area contributed by atoms with Gasteiger partial charge in [0.1, 0.15) is 0 Å². The molecule has 7 heteroatoms. The van der Waals surface area contributed by atoms with E-state index < -0.39 is 23.8 Å². The normalized spacial score (nSPS) is 36.5. The summed E-state index contributed by atoms with van der Waals surface area (Å²) < 4.78 is 5.26. The van der Waals surface area contributed by atoms with Crippen molar-refractivity contribution < 1.29 is 24.5 Å². The molecule has 2 fully saturated rings. The van der Waals surface area contributed by atoms with Crippen molar-refractivity contribution >= 4 is 115 Å². The zero-order chi connectivity index (χ0) is 9.59.